The van der Waals surface area contributed by atoms with Gasteiger partial charge < -0.3 is 9.47 Å². The van der Waals surface area contributed by atoms with E-state index < -0.39 is 21.8 Å². The lowest BCUT2D eigenvalue weighted by Crippen LogP contribution is -2.42. The van der Waals surface area contributed by atoms with Gasteiger partial charge in [0.2, 0.25) is 15.9 Å². The number of hydrogen-bond donors (Lipinski definition) is 3. The van der Waals surface area contributed by atoms with E-state index in [1.807, 2.05) is 0 Å². The van der Waals surface area contributed by atoms with Crippen LogP contribution >= 0.6 is 0 Å². The number of hydrogen-bond acceptors (Lipinski definition) is 6. The van der Waals surface area contributed by atoms with Gasteiger partial charge in [0.1, 0.15) is 16.4 Å². The van der Waals surface area contributed by atoms with Crippen molar-refractivity contribution in [3.8, 4) is 11.5 Å². The Labute approximate surface area is 187 Å². The summed E-state index contributed by atoms with van der Waals surface area (Å²) in [6.07, 6.45) is 3.56. The van der Waals surface area contributed by atoms with Gasteiger partial charge in [0, 0.05) is 11.6 Å². The first-order chi connectivity index (χ1) is 15.3. The van der Waals surface area contributed by atoms with Gasteiger partial charge in [-0.15, -0.1) is 0 Å². The van der Waals surface area contributed by atoms with Crippen molar-refractivity contribution < 1.29 is 27.5 Å². The second-order valence-electron chi connectivity index (χ2n) is 7.50. The number of nitrogens with one attached hydrogen (secondary N) is 3. The standard InChI is InChI=1S/C22H27N3O6S/c1-30-18-10-7-15(8-11-18)13-21(26)23-24-22(27)16-9-12-19(31-2)20(14-16)32(28,29)25-17-5-3-4-6-17/h7-12,14,17,25H,3-6,13H2,1-2H3,(H,23,26)(H,24,27). The minimum Gasteiger partial charge on any atom is -0.497 e. The van der Waals surface area contributed by atoms with Crippen molar-refractivity contribution >= 4 is 21.8 Å². The van der Waals surface area contributed by atoms with E-state index in [4.69, 9.17) is 9.47 Å². The van der Waals surface area contributed by atoms with E-state index in [1.54, 1.807) is 31.4 Å². The van der Waals surface area contributed by atoms with Crippen LogP contribution < -0.4 is 25.0 Å². The Morgan fingerprint density at radius 3 is 2.28 bits per heavy atom. The second kappa shape index (κ2) is 10.5. The van der Waals surface area contributed by atoms with Gasteiger partial charge in [0.05, 0.1) is 20.6 Å². The fraction of sp³-hybridized carbons (Fsp3) is 0.364. The van der Waals surface area contributed by atoms with Crippen molar-refractivity contribution in [3.05, 3.63) is 53.6 Å². The van der Waals surface area contributed by atoms with Gasteiger partial charge in [-0.2, -0.15) is 0 Å². The summed E-state index contributed by atoms with van der Waals surface area (Å²) in [6, 6.07) is 10.9. The number of benzene rings is 2. The summed E-state index contributed by atoms with van der Waals surface area (Å²) in [5.41, 5.74) is 5.46. The van der Waals surface area contributed by atoms with Crippen LogP contribution in [0, 0.1) is 0 Å². The molecule has 3 rings (SSSR count). The molecule has 0 heterocycles. The van der Waals surface area contributed by atoms with Crippen LogP contribution in [0.15, 0.2) is 47.4 Å². The third-order valence-electron chi connectivity index (χ3n) is 5.23. The van der Waals surface area contributed by atoms with Gasteiger partial charge >= 0.3 is 0 Å². The number of amides is 2. The summed E-state index contributed by atoms with van der Waals surface area (Å²) >= 11 is 0. The summed E-state index contributed by atoms with van der Waals surface area (Å²) in [6.45, 7) is 0. The quantitative estimate of drug-likeness (QED) is 0.516. The molecule has 9 nitrogen and oxygen atoms in total. The molecule has 2 amide bonds. The molecule has 32 heavy (non-hydrogen) atoms. The molecule has 0 unspecified atom stereocenters. The number of ether oxygens (including phenoxy) is 2. The number of methoxy groups -OCH3 is 2. The number of carbonyl (C=O) groups is 2. The molecule has 1 saturated carbocycles. The highest BCUT2D eigenvalue weighted by molar-refractivity contribution is 7.89. The molecule has 1 aliphatic rings. The molecule has 0 saturated heterocycles. The molecular formula is C22H27N3O6S. The Balaban J connectivity index is 1.65. The highest BCUT2D eigenvalue weighted by Crippen LogP contribution is 2.27. The SMILES string of the molecule is COc1ccc(CC(=O)NNC(=O)c2ccc(OC)c(S(=O)(=O)NC3CCCC3)c2)cc1. The summed E-state index contributed by atoms with van der Waals surface area (Å²) in [7, 11) is -0.955. The molecule has 2 aromatic carbocycles. The number of sulfonamides is 1. The summed E-state index contributed by atoms with van der Waals surface area (Å²) < 4.78 is 38.6. The van der Waals surface area contributed by atoms with Crippen LogP contribution in [-0.2, 0) is 21.2 Å². The van der Waals surface area contributed by atoms with Crippen molar-refractivity contribution in [3.63, 3.8) is 0 Å². The Morgan fingerprint density at radius 1 is 0.969 bits per heavy atom. The number of hydrazine groups is 1. The second-order valence-corrected chi connectivity index (χ2v) is 9.18. The molecule has 1 fully saturated rings. The first kappa shape index (κ1) is 23.6. The van der Waals surface area contributed by atoms with Crippen molar-refractivity contribution in [1.29, 1.82) is 0 Å². The Hall–Kier alpha value is -3.11. The molecule has 0 atom stereocenters. The van der Waals surface area contributed by atoms with Crippen LogP contribution in [0.5, 0.6) is 11.5 Å². The number of rotatable bonds is 8. The predicted molar refractivity (Wildman–Crippen MR) is 118 cm³/mol. The molecule has 0 spiro atoms. The molecule has 3 N–H and O–H groups in total. The van der Waals surface area contributed by atoms with Crippen LogP contribution in [0.3, 0.4) is 0 Å². The predicted octanol–water partition coefficient (Wildman–Crippen LogP) is 1.93. The van der Waals surface area contributed by atoms with Gasteiger partial charge in [0.25, 0.3) is 5.91 Å². The van der Waals surface area contributed by atoms with E-state index in [0.29, 0.717) is 5.75 Å². The van der Waals surface area contributed by atoms with Crippen LogP contribution in [0.1, 0.15) is 41.6 Å². The lowest BCUT2D eigenvalue weighted by molar-refractivity contribution is -0.121. The van der Waals surface area contributed by atoms with Gasteiger partial charge in [-0.3, -0.25) is 20.4 Å². The molecule has 172 valence electrons. The van der Waals surface area contributed by atoms with Crippen LogP contribution in [0.25, 0.3) is 0 Å². The fourth-order valence-corrected chi connectivity index (χ4v) is 5.03. The van der Waals surface area contributed by atoms with E-state index >= 15 is 0 Å². The van der Waals surface area contributed by atoms with E-state index in [-0.39, 0.29) is 28.7 Å². The zero-order valence-corrected chi connectivity index (χ0v) is 18.8. The van der Waals surface area contributed by atoms with Crippen LogP contribution in [0.2, 0.25) is 0 Å². The summed E-state index contributed by atoms with van der Waals surface area (Å²) in [5.74, 6) is -0.258. The maximum absolute atomic E-state index is 12.9. The fourth-order valence-electron chi connectivity index (χ4n) is 3.53. The zero-order chi connectivity index (χ0) is 23.1. The maximum atomic E-state index is 12.9. The third-order valence-corrected chi connectivity index (χ3v) is 6.77. The molecule has 0 aromatic heterocycles. The van der Waals surface area contributed by atoms with Crippen LogP contribution in [0.4, 0.5) is 0 Å². The van der Waals surface area contributed by atoms with Crippen molar-refractivity contribution in [2.24, 2.45) is 0 Å². The number of carbonyl (C=O) groups excluding carboxylic acids is 2. The lowest BCUT2D eigenvalue weighted by atomic mass is 10.1. The normalized spacial score (nSPS) is 14.1. The summed E-state index contributed by atoms with van der Waals surface area (Å²) in [4.78, 5) is 24.5. The molecule has 0 aliphatic heterocycles. The van der Waals surface area contributed by atoms with Crippen molar-refractivity contribution in [2.75, 3.05) is 14.2 Å². The zero-order valence-electron chi connectivity index (χ0n) is 18.0. The largest absolute Gasteiger partial charge is 0.497 e. The van der Waals surface area contributed by atoms with Gasteiger partial charge in [-0.1, -0.05) is 25.0 Å². The highest BCUT2D eigenvalue weighted by Gasteiger charge is 2.26. The molecule has 1 aliphatic carbocycles. The smallest absolute Gasteiger partial charge is 0.269 e. The monoisotopic (exact) mass is 461 g/mol. The Bertz CT molecular complexity index is 1060. The first-order valence-corrected chi connectivity index (χ1v) is 11.7. The maximum Gasteiger partial charge on any atom is 0.269 e. The van der Waals surface area contributed by atoms with E-state index in [9.17, 15) is 18.0 Å². The molecule has 10 heteroatoms. The van der Waals surface area contributed by atoms with E-state index in [1.165, 1.54) is 25.3 Å². The minimum absolute atomic E-state index is 0.0534. The molecule has 2 aromatic rings. The van der Waals surface area contributed by atoms with Crippen LogP contribution in [-0.4, -0.2) is 40.5 Å². The minimum atomic E-state index is -3.87. The Kier molecular flexibility index (Phi) is 7.70. The Morgan fingerprint density at radius 2 is 1.66 bits per heavy atom. The first-order valence-electron chi connectivity index (χ1n) is 10.2. The van der Waals surface area contributed by atoms with Crippen molar-refractivity contribution in [2.45, 2.75) is 43.0 Å². The van der Waals surface area contributed by atoms with E-state index in [2.05, 4.69) is 15.6 Å². The van der Waals surface area contributed by atoms with Crippen molar-refractivity contribution in [1.82, 2.24) is 15.6 Å². The third kappa shape index (κ3) is 5.98. The summed E-state index contributed by atoms with van der Waals surface area (Å²) in [5, 5.41) is 0. The highest BCUT2D eigenvalue weighted by atomic mass is 32.2. The molecule has 0 radical (unpaired) electrons. The van der Waals surface area contributed by atoms with E-state index in [0.717, 1.165) is 31.2 Å². The van der Waals surface area contributed by atoms with Gasteiger partial charge in [-0.25, -0.2) is 13.1 Å². The molecular weight excluding hydrogens is 434 g/mol. The molecule has 0 bridgehead atoms. The van der Waals surface area contributed by atoms with Gasteiger partial charge in [0.15, 0.2) is 0 Å². The van der Waals surface area contributed by atoms with Gasteiger partial charge in [-0.05, 0) is 48.7 Å². The average molecular weight is 462 g/mol. The lowest BCUT2D eigenvalue weighted by Gasteiger charge is -2.16. The average Bonchev–Trinajstić information content (AvgIpc) is 3.29. The topological polar surface area (TPSA) is 123 Å².